The summed E-state index contributed by atoms with van der Waals surface area (Å²) in [5, 5.41) is 0. The van der Waals surface area contributed by atoms with Crippen molar-refractivity contribution in [3.63, 3.8) is 0 Å². The molecule has 1 spiro atoms. The van der Waals surface area contributed by atoms with Crippen LogP contribution in [0.2, 0.25) is 0 Å². The lowest BCUT2D eigenvalue weighted by Crippen LogP contribution is -2.58. The first-order valence-electron chi connectivity index (χ1n) is 10.1. The predicted molar refractivity (Wildman–Crippen MR) is 108 cm³/mol. The summed E-state index contributed by atoms with van der Waals surface area (Å²) >= 11 is 0. The molecule has 0 radical (unpaired) electrons. The molecule has 6 nitrogen and oxygen atoms in total. The van der Waals surface area contributed by atoms with Gasteiger partial charge in [-0.1, -0.05) is 6.07 Å². The zero-order chi connectivity index (χ0) is 20.2. The molecule has 3 aliphatic heterocycles. The summed E-state index contributed by atoms with van der Waals surface area (Å²) in [6, 6.07) is 9.85. The highest BCUT2D eigenvalue weighted by Crippen LogP contribution is 2.51. The number of nitrogens with two attached hydrogens (primary N) is 1. The zero-order valence-corrected chi connectivity index (χ0v) is 16.6. The van der Waals surface area contributed by atoms with Crippen molar-refractivity contribution in [1.29, 1.82) is 0 Å². The van der Waals surface area contributed by atoms with E-state index in [1.165, 1.54) is 6.20 Å². The van der Waals surface area contributed by atoms with E-state index in [2.05, 4.69) is 23.7 Å². The normalized spacial score (nSPS) is 28.5. The summed E-state index contributed by atoms with van der Waals surface area (Å²) in [5.41, 5.74) is 7.48. The first-order valence-corrected chi connectivity index (χ1v) is 10.1. The molecule has 3 aliphatic rings. The lowest BCUT2D eigenvalue weighted by atomic mass is 9.71. The number of aromatic nitrogens is 1. The Kier molecular flexibility index (Phi) is 4.24. The minimum Gasteiger partial charge on any atom is -0.490 e. The maximum Gasteiger partial charge on any atom is 0.283 e. The third-order valence-corrected chi connectivity index (χ3v) is 6.47. The largest absolute Gasteiger partial charge is 0.490 e. The molecule has 1 aromatic heterocycles. The van der Waals surface area contributed by atoms with E-state index in [1.807, 2.05) is 18.2 Å². The van der Waals surface area contributed by atoms with Crippen LogP contribution in [0.5, 0.6) is 5.75 Å². The summed E-state index contributed by atoms with van der Waals surface area (Å²) in [7, 11) is 0. The molecule has 7 heteroatoms. The number of rotatable bonds is 2. The Hall–Kier alpha value is -2.67. The van der Waals surface area contributed by atoms with E-state index in [4.69, 9.17) is 20.2 Å². The monoisotopic (exact) mass is 396 g/mol. The fraction of sp³-hybridized carbons (Fsp3) is 0.455. The standard InChI is InChI=1S/C22H25FN4O2/c1-13(2)27-9-7-19-17(11-27)22(12-28-21(24)26-22)16-10-14(5-6-18(16)29-19)15-4-3-8-25-20(15)23/h3-6,8,10,13,17,19H,7,9,11-12H2,1-2H3,(H2,24,26)/t17?,19-,22-/m0/s1. The number of amidine groups is 1. The Morgan fingerprint density at radius 1 is 1.31 bits per heavy atom. The molecule has 29 heavy (non-hydrogen) atoms. The summed E-state index contributed by atoms with van der Waals surface area (Å²) in [5.74, 6) is 0.394. The van der Waals surface area contributed by atoms with Gasteiger partial charge in [-0.05, 0) is 50.1 Å². The number of fused-ring (bicyclic) bond motifs is 4. The molecule has 152 valence electrons. The van der Waals surface area contributed by atoms with Gasteiger partial charge in [0, 0.05) is 42.4 Å². The average Bonchev–Trinajstić information content (AvgIpc) is 3.10. The highest BCUT2D eigenvalue weighted by Gasteiger charge is 2.55. The summed E-state index contributed by atoms with van der Waals surface area (Å²) < 4.78 is 26.4. The zero-order valence-electron chi connectivity index (χ0n) is 16.6. The van der Waals surface area contributed by atoms with Crippen LogP contribution >= 0.6 is 0 Å². The number of piperidine rings is 1. The number of aliphatic imine (C=N–C) groups is 1. The van der Waals surface area contributed by atoms with Crippen molar-refractivity contribution in [3.8, 4) is 16.9 Å². The fourth-order valence-electron chi connectivity index (χ4n) is 4.90. The van der Waals surface area contributed by atoms with E-state index in [-0.39, 0.29) is 18.0 Å². The first kappa shape index (κ1) is 18.4. The Morgan fingerprint density at radius 3 is 2.90 bits per heavy atom. The Labute approximate surface area is 169 Å². The van der Waals surface area contributed by atoms with Gasteiger partial charge in [0.2, 0.25) is 5.95 Å². The molecular weight excluding hydrogens is 371 g/mol. The molecule has 0 aliphatic carbocycles. The van der Waals surface area contributed by atoms with Gasteiger partial charge < -0.3 is 20.1 Å². The molecule has 0 amide bonds. The van der Waals surface area contributed by atoms with Gasteiger partial charge in [0.15, 0.2) is 0 Å². The second-order valence-corrected chi connectivity index (χ2v) is 8.36. The minimum atomic E-state index is -0.620. The predicted octanol–water partition coefficient (Wildman–Crippen LogP) is 2.92. The number of halogens is 1. The molecule has 2 aromatic rings. The van der Waals surface area contributed by atoms with Crippen molar-refractivity contribution in [2.75, 3.05) is 19.7 Å². The van der Waals surface area contributed by atoms with Gasteiger partial charge in [-0.3, -0.25) is 0 Å². The van der Waals surface area contributed by atoms with Crippen molar-refractivity contribution in [3.05, 3.63) is 48.0 Å². The Balaban J connectivity index is 1.64. The molecular formula is C22H25FN4O2. The Morgan fingerprint density at radius 2 is 2.17 bits per heavy atom. The highest BCUT2D eigenvalue weighted by atomic mass is 19.1. The third-order valence-electron chi connectivity index (χ3n) is 6.47. The molecule has 3 atom stereocenters. The molecule has 1 aromatic carbocycles. The molecule has 1 saturated heterocycles. The first-order chi connectivity index (χ1) is 14.0. The SMILES string of the molecule is CC(C)N1CC[C@@H]2Oc3ccc(-c4cccnc4F)cc3[C@@]3(COC(N)=N3)C2C1. The van der Waals surface area contributed by atoms with E-state index in [0.717, 1.165) is 36.4 Å². The smallest absolute Gasteiger partial charge is 0.283 e. The van der Waals surface area contributed by atoms with Crippen molar-refractivity contribution in [2.24, 2.45) is 16.6 Å². The number of nitrogens with zero attached hydrogens (tertiary/aromatic N) is 3. The van der Waals surface area contributed by atoms with Crippen molar-refractivity contribution < 1.29 is 13.9 Å². The lowest BCUT2D eigenvalue weighted by Gasteiger charge is -2.49. The van der Waals surface area contributed by atoms with Gasteiger partial charge in [-0.25, -0.2) is 9.98 Å². The molecule has 2 N–H and O–H groups in total. The van der Waals surface area contributed by atoms with Crippen LogP contribution in [0.1, 0.15) is 25.8 Å². The van der Waals surface area contributed by atoms with Crippen LogP contribution in [0.15, 0.2) is 41.5 Å². The number of hydrogen-bond donors (Lipinski definition) is 1. The van der Waals surface area contributed by atoms with Crippen LogP contribution in [0.3, 0.4) is 0 Å². The maximum atomic E-state index is 14.3. The molecule has 1 fully saturated rings. The van der Waals surface area contributed by atoms with Crippen molar-refractivity contribution in [2.45, 2.75) is 38.0 Å². The van der Waals surface area contributed by atoms with Gasteiger partial charge in [-0.2, -0.15) is 4.39 Å². The number of hydrogen-bond acceptors (Lipinski definition) is 6. The van der Waals surface area contributed by atoms with E-state index >= 15 is 0 Å². The van der Waals surface area contributed by atoms with Gasteiger partial charge in [0.25, 0.3) is 6.02 Å². The van der Waals surface area contributed by atoms with Crippen molar-refractivity contribution in [1.82, 2.24) is 9.88 Å². The van der Waals surface area contributed by atoms with Crippen molar-refractivity contribution >= 4 is 6.02 Å². The second kappa shape index (κ2) is 6.69. The lowest BCUT2D eigenvalue weighted by molar-refractivity contribution is -0.0313. The quantitative estimate of drug-likeness (QED) is 0.791. The van der Waals surface area contributed by atoms with Crippen LogP contribution in [0.4, 0.5) is 4.39 Å². The summed E-state index contributed by atoms with van der Waals surface area (Å²) in [6.45, 7) is 6.63. The van der Waals surface area contributed by atoms with E-state index in [9.17, 15) is 4.39 Å². The third kappa shape index (κ3) is 2.87. The maximum absolute atomic E-state index is 14.3. The Bertz CT molecular complexity index is 979. The number of likely N-dealkylation sites (tertiary alicyclic amines) is 1. The van der Waals surface area contributed by atoms with E-state index < -0.39 is 11.5 Å². The summed E-state index contributed by atoms with van der Waals surface area (Å²) in [6.07, 6.45) is 2.43. The number of pyridine rings is 1. The number of benzene rings is 1. The van der Waals surface area contributed by atoms with Crippen LogP contribution < -0.4 is 10.5 Å². The van der Waals surface area contributed by atoms with Gasteiger partial charge in [0.1, 0.15) is 24.0 Å². The van der Waals surface area contributed by atoms with Gasteiger partial charge in [-0.15, -0.1) is 0 Å². The number of ether oxygens (including phenoxy) is 2. The molecule has 5 rings (SSSR count). The highest BCUT2D eigenvalue weighted by molar-refractivity contribution is 5.75. The average molecular weight is 396 g/mol. The van der Waals surface area contributed by atoms with Crippen LogP contribution in [0.25, 0.3) is 11.1 Å². The molecule has 0 bridgehead atoms. The minimum absolute atomic E-state index is 0.0525. The topological polar surface area (TPSA) is 73.0 Å². The fourth-order valence-corrected chi connectivity index (χ4v) is 4.90. The van der Waals surface area contributed by atoms with Crippen LogP contribution in [-0.2, 0) is 10.3 Å². The molecule has 0 saturated carbocycles. The van der Waals surface area contributed by atoms with Gasteiger partial charge in [0.05, 0.1) is 0 Å². The molecule has 4 heterocycles. The summed E-state index contributed by atoms with van der Waals surface area (Å²) in [4.78, 5) is 11.0. The van der Waals surface area contributed by atoms with Crippen LogP contribution in [0, 0.1) is 11.9 Å². The molecule has 1 unspecified atom stereocenters. The van der Waals surface area contributed by atoms with E-state index in [1.54, 1.807) is 12.1 Å². The van der Waals surface area contributed by atoms with Gasteiger partial charge >= 0.3 is 0 Å². The van der Waals surface area contributed by atoms with Crippen LogP contribution in [-0.4, -0.2) is 47.7 Å². The van der Waals surface area contributed by atoms with E-state index in [0.29, 0.717) is 18.2 Å². The second-order valence-electron chi connectivity index (χ2n) is 8.36.